The molecule has 0 unspecified atom stereocenters. The molecule has 1 N–H and O–H groups in total. The van der Waals surface area contributed by atoms with Crippen molar-refractivity contribution in [2.45, 2.75) is 26.2 Å². The third-order valence-electron chi connectivity index (χ3n) is 3.62. The summed E-state index contributed by atoms with van der Waals surface area (Å²) in [6, 6.07) is 15.3. The average molecular weight is 340 g/mol. The summed E-state index contributed by atoms with van der Waals surface area (Å²) in [7, 11) is 0. The van der Waals surface area contributed by atoms with Gasteiger partial charge in [-0.05, 0) is 29.2 Å². The maximum atomic E-state index is 10.7. The number of benzene rings is 2. The fourth-order valence-corrected chi connectivity index (χ4v) is 2.43. The van der Waals surface area contributed by atoms with Crippen molar-refractivity contribution in [3.63, 3.8) is 0 Å². The molecule has 0 heterocycles. The molecule has 2 aromatic rings. The molecule has 0 aromatic heterocycles. The zero-order valence-electron chi connectivity index (χ0n) is 14.9. The number of hydrogen-bond acceptors (Lipinski definition) is 3. The van der Waals surface area contributed by atoms with Crippen molar-refractivity contribution in [1.82, 2.24) is 0 Å². The molecule has 0 amide bonds. The van der Waals surface area contributed by atoms with E-state index < -0.39 is 5.97 Å². The van der Waals surface area contributed by atoms with Crippen LogP contribution in [0.5, 0.6) is 11.5 Å². The minimum atomic E-state index is -0.989. The number of carboxylic acid groups (broad SMARTS) is 1. The number of para-hydroxylation sites is 2. The van der Waals surface area contributed by atoms with Crippen molar-refractivity contribution < 1.29 is 19.4 Å². The van der Waals surface area contributed by atoms with Gasteiger partial charge in [0.05, 0.1) is 0 Å². The Balaban J connectivity index is 1.96. The van der Waals surface area contributed by atoms with Crippen LogP contribution in [-0.2, 0) is 10.2 Å². The molecule has 25 heavy (non-hydrogen) atoms. The number of aliphatic carboxylic acids is 1. The van der Waals surface area contributed by atoms with Gasteiger partial charge < -0.3 is 14.6 Å². The van der Waals surface area contributed by atoms with Crippen LogP contribution in [0.2, 0.25) is 0 Å². The maximum Gasteiger partial charge on any atom is 0.328 e. The summed E-state index contributed by atoms with van der Waals surface area (Å²) < 4.78 is 11.6. The van der Waals surface area contributed by atoms with E-state index in [4.69, 9.17) is 14.6 Å². The highest BCUT2D eigenvalue weighted by Crippen LogP contribution is 2.30. The molecule has 4 nitrogen and oxygen atoms in total. The van der Waals surface area contributed by atoms with Crippen molar-refractivity contribution in [2.75, 3.05) is 13.2 Å². The summed E-state index contributed by atoms with van der Waals surface area (Å²) in [6.07, 6.45) is 2.62. The van der Waals surface area contributed by atoms with Gasteiger partial charge in [-0.2, -0.15) is 0 Å². The van der Waals surface area contributed by atoms with Crippen LogP contribution in [0.1, 0.15) is 31.9 Å². The zero-order chi connectivity index (χ0) is 18.3. The van der Waals surface area contributed by atoms with Gasteiger partial charge in [0.2, 0.25) is 0 Å². The zero-order valence-corrected chi connectivity index (χ0v) is 14.9. The van der Waals surface area contributed by atoms with Crippen LogP contribution < -0.4 is 9.47 Å². The normalized spacial score (nSPS) is 11.5. The van der Waals surface area contributed by atoms with Crippen LogP contribution in [-0.4, -0.2) is 24.3 Å². The monoisotopic (exact) mass is 340 g/mol. The van der Waals surface area contributed by atoms with Gasteiger partial charge in [-0.15, -0.1) is 0 Å². The van der Waals surface area contributed by atoms with Crippen molar-refractivity contribution in [1.29, 1.82) is 0 Å². The first-order valence-electron chi connectivity index (χ1n) is 8.23. The number of ether oxygens (including phenoxy) is 2. The second-order valence-electron chi connectivity index (χ2n) is 6.65. The van der Waals surface area contributed by atoms with Gasteiger partial charge in [0, 0.05) is 11.6 Å². The van der Waals surface area contributed by atoms with E-state index in [-0.39, 0.29) is 5.41 Å². The minimum Gasteiger partial charge on any atom is -0.490 e. The second-order valence-corrected chi connectivity index (χ2v) is 6.65. The molecule has 0 saturated heterocycles. The third kappa shape index (κ3) is 5.68. The van der Waals surface area contributed by atoms with Crippen molar-refractivity contribution >= 4 is 12.0 Å². The van der Waals surface area contributed by atoms with Crippen molar-refractivity contribution in [3.8, 4) is 11.5 Å². The third-order valence-corrected chi connectivity index (χ3v) is 3.62. The Morgan fingerprint density at radius 3 is 2.16 bits per heavy atom. The molecule has 0 aliphatic heterocycles. The Kier molecular flexibility index (Phi) is 6.23. The molecule has 0 aliphatic rings. The predicted octanol–water partition coefficient (Wildman–Crippen LogP) is 4.54. The van der Waals surface area contributed by atoms with Crippen molar-refractivity contribution in [3.05, 3.63) is 65.7 Å². The molecule has 132 valence electrons. The van der Waals surface area contributed by atoms with E-state index >= 15 is 0 Å². The first-order valence-corrected chi connectivity index (χ1v) is 8.23. The highest BCUT2D eigenvalue weighted by Gasteiger charge is 2.18. The number of rotatable bonds is 7. The Morgan fingerprint density at radius 2 is 1.52 bits per heavy atom. The van der Waals surface area contributed by atoms with Crippen LogP contribution in [0.4, 0.5) is 0 Å². The lowest BCUT2D eigenvalue weighted by atomic mass is 9.86. The van der Waals surface area contributed by atoms with Crippen LogP contribution in [0.3, 0.4) is 0 Å². The fourth-order valence-electron chi connectivity index (χ4n) is 2.43. The lowest BCUT2D eigenvalue weighted by molar-refractivity contribution is -0.131. The lowest BCUT2D eigenvalue weighted by Crippen LogP contribution is -2.15. The highest BCUT2D eigenvalue weighted by atomic mass is 16.5. The van der Waals surface area contributed by atoms with E-state index in [2.05, 4.69) is 26.8 Å². The molecule has 0 fully saturated rings. The Hall–Kier alpha value is -2.75. The molecule has 0 atom stereocenters. The molecule has 0 radical (unpaired) electrons. The van der Waals surface area contributed by atoms with Crippen LogP contribution in [0, 0.1) is 0 Å². The predicted molar refractivity (Wildman–Crippen MR) is 99.2 cm³/mol. The average Bonchev–Trinajstić information content (AvgIpc) is 2.57. The summed E-state index contributed by atoms with van der Waals surface area (Å²) in [6.45, 7) is 7.23. The van der Waals surface area contributed by atoms with E-state index in [1.165, 1.54) is 6.08 Å². The molecule has 2 aromatic carbocycles. The molecular weight excluding hydrogens is 316 g/mol. The van der Waals surface area contributed by atoms with Gasteiger partial charge in [-0.1, -0.05) is 57.2 Å². The van der Waals surface area contributed by atoms with Gasteiger partial charge >= 0.3 is 5.97 Å². The fraction of sp³-hybridized carbons (Fsp3) is 0.286. The summed E-state index contributed by atoms with van der Waals surface area (Å²) >= 11 is 0. The molecule has 0 bridgehead atoms. The van der Waals surface area contributed by atoms with E-state index in [1.54, 1.807) is 0 Å². The smallest absolute Gasteiger partial charge is 0.328 e. The van der Waals surface area contributed by atoms with Gasteiger partial charge in [-0.3, -0.25) is 0 Å². The molecule has 4 heteroatoms. The lowest BCUT2D eigenvalue weighted by Gasteiger charge is -2.22. The van der Waals surface area contributed by atoms with E-state index in [0.717, 1.165) is 23.0 Å². The first kappa shape index (κ1) is 18.6. The molecule has 0 saturated carbocycles. The van der Waals surface area contributed by atoms with Gasteiger partial charge in [-0.25, -0.2) is 4.79 Å². The van der Waals surface area contributed by atoms with Gasteiger partial charge in [0.25, 0.3) is 0 Å². The number of carboxylic acids is 1. The molecule has 2 rings (SSSR count). The van der Waals surface area contributed by atoms with Crippen LogP contribution in [0.25, 0.3) is 6.08 Å². The highest BCUT2D eigenvalue weighted by molar-refractivity contribution is 5.85. The van der Waals surface area contributed by atoms with Crippen molar-refractivity contribution in [2.24, 2.45) is 0 Å². The quantitative estimate of drug-likeness (QED) is 0.594. The largest absolute Gasteiger partial charge is 0.490 e. The Bertz CT molecular complexity index is 742. The SMILES string of the molecule is CC(C)(C)c1ccccc1OCCOc1ccccc1C=CC(=O)O. The summed E-state index contributed by atoms with van der Waals surface area (Å²) in [4.78, 5) is 10.7. The number of hydrogen-bond donors (Lipinski definition) is 1. The van der Waals surface area contributed by atoms with E-state index in [0.29, 0.717) is 19.0 Å². The molecular formula is C21H24O4. The minimum absolute atomic E-state index is 0.00563. The van der Waals surface area contributed by atoms with Crippen LogP contribution >= 0.6 is 0 Å². The van der Waals surface area contributed by atoms with E-state index in [1.807, 2.05) is 42.5 Å². The van der Waals surface area contributed by atoms with Gasteiger partial charge in [0.15, 0.2) is 0 Å². The Morgan fingerprint density at radius 1 is 0.960 bits per heavy atom. The topological polar surface area (TPSA) is 55.8 Å². The Labute approximate surface area is 148 Å². The van der Waals surface area contributed by atoms with Gasteiger partial charge in [0.1, 0.15) is 24.7 Å². The molecule has 0 spiro atoms. The summed E-state index contributed by atoms with van der Waals surface area (Å²) in [5, 5.41) is 8.75. The van der Waals surface area contributed by atoms with Crippen LogP contribution in [0.15, 0.2) is 54.6 Å². The standard InChI is InChI=1S/C21H24O4/c1-21(2,3)17-9-5-7-11-19(17)25-15-14-24-18-10-6-4-8-16(18)12-13-20(22)23/h4-13H,14-15H2,1-3H3,(H,22,23). The second kappa shape index (κ2) is 8.38. The van der Waals surface area contributed by atoms with E-state index in [9.17, 15) is 4.79 Å². The first-order chi connectivity index (χ1) is 11.9. The number of carbonyl (C=O) groups is 1. The maximum absolute atomic E-state index is 10.7. The summed E-state index contributed by atoms with van der Waals surface area (Å²) in [5.41, 5.74) is 1.88. The summed E-state index contributed by atoms with van der Waals surface area (Å²) in [5.74, 6) is 0.502. The molecule has 0 aliphatic carbocycles.